The van der Waals surface area contributed by atoms with Crippen LogP contribution < -0.4 is 0 Å². The van der Waals surface area contributed by atoms with E-state index in [0.29, 0.717) is 0 Å². The average molecular weight is 661 g/mol. The topological polar surface area (TPSA) is 26.3 Å². The van der Waals surface area contributed by atoms with E-state index in [1.807, 2.05) is 0 Å². The minimum Gasteiger partial charge on any atom is -0.455 e. The lowest BCUT2D eigenvalue weighted by Crippen LogP contribution is -1.85. The fourth-order valence-electron chi connectivity index (χ4n) is 8.63. The van der Waals surface area contributed by atoms with Crippen LogP contribution in [-0.4, -0.2) is 0 Å². The molecule has 0 aliphatic heterocycles. The fraction of sp³-hybridized carbons (Fsp3) is 0. The number of hydrogen-bond acceptors (Lipinski definition) is 2. The highest BCUT2D eigenvalue weighted by molar-refractivity contribution is 6.25. The Balaban J connectivity index is 1.06. The van der Waals surface area contributed by atoms with Gasteiger partial charge in [-0.1, -0.05) is 121 Å². The van der Waals surface area contributed by atoms with Gasteiger partial charge in [-0.3, -0.25) is 0 Å². The smallest absolute Gasteiger partial charge is 0.143 e. The summed E-state index contributed by atoms with van der Waals surface area (Å²) in [6.07, 6.45) is 0. The molecule has 10 aromatic carbocycles. The maximum Gasteiger partial charge on any atom is 0.143 e. The van der Waals surface area contributed by atoms with E-state index in [1.165, 1.54) is 64.6 Å². The summed E-state index contributed by atoms with van der Waals surface area (Å²) in [7, 11) is 0. The van der Waals surface area contributed by atoms with E-state index in [4.69, 9.17) is 8.83 Å². The average Bonchev–Trinajstić information content (AvgIpc) is 3.76. The SMILES string of the molecule is c1ccc2cc3c(cc2c1)oc1c(-c2ccc4cc(-c5cc6ccccc6c6c5oc5cc7ccccc7cc56)ccc4c2)cc2ccccc2c13. The number of rotatable bonds is 2. The van der Waals surface area contributed by atoms with Gasteiger partial charge in [0.2, 0.25) is 0 Å². The van der Waals surface area contributed by atoms with Crippen molar-refractivity contribution in [1.82, 2.24) is 0 Å². The molecule has 0 radical (unpaired) electrons. The van der Waals surface area contributed by atoms with Crippen molar-refractivity contribution in [3.8, 4) is 22.3 Å². The van der Waals surface area contributed by atoms with Crippen molar-refractivity contribution in [2.45, 2.75) is 0 Å². The molecule has 0 fully saturated rings. The molecule has 240 valence electrons. The van der Waals surface area contributed by atoms with Gasteiger partial charge in [0.25, 0.3) is 0 Å². The summed E-state index contributed by atoms with van der Waals surface area (Å²) in [6.45, 7) is 0. The van der Waals surface area contributed by atoms with E-state index in [9.17, 15) is 0 Å². The number of furan rings is 2. The molecule has 0 saturated heterocycles. The first-order valence-electron chi connectivity index (χ1n) is 17.8. The lowest BCUT2D eigenvalue weighted by Gasteiger charge is -2.10. The molecular weight excluding hydrogens is 633 g/mol. The van der Waals surface area contributed by atoms with Crippen LogP contribution in [0, 0.1) is 0 Å². The Bertz CT molecular complexity index is 3240. The summed E-state index contributed by atoms with van der Waals surface area (Å²) < 4.78 is 13.5. The number of hydrogen-bond donors (Lipinski definition) is 0. The fourth-order valence-corrected chi connectivity index (χ4v) is 8.63. The van der Waals surface area contributed by atoms with Gasteiger partial charge >= 0.3 is 0 Å². The second-order valence-electron chi connectivity index (χ2n) is 14.1. The van der Waals surface area contributed by atoms with Crippen LogP contribution in [0.4, 0.5) is 0 Å². The number of fused-ring (bicyclic) bond motifs is 13. The van der Waals surface area contributed by atoms with Gasteiger partial charge in [-0.2, -0.15) is 0 Å². The second kappa shape index (κ2) is 10.3. The van der Waals surface area contributed by atoms with Crippen molar-refractivity contribution >= 4 is 97.7 Å². The molecule has 52 heavy (non-hydrogen) atoms. The molecule has 0 saturated carbocycles. The first-order valence-corrected chi connectivity index (χ1v) is 17.8. The van der Waals surface area contributed by atoms with Gasteiger partial charge < -0.3 is 8.83 Å². The minimum absolute atomic E-state index is 0.914. The molecule has 0 aliphatic carbocycles. The van der Waals surface area contributed by atoms with E-state index in [2.05, 4.69) is 170 Å². The zero-order chi connectivity index (χ0) is 33.9. The molecule has 2 aromatic heterocycles. The Kier molecular flexibility index (Phi) is 5.53. The lowest BCUT2D eigenvalue weighted by molar-refractivity contribution is 0.670. The van der Waals surface area contributed by atoms with Crippen LogP contribution in [0.25, 0.3) is 120 Å². The van der Waals surface area contributed by atoms with Gasteiger partial charge in [-0.15, -0.1) is 0 Å². The quantitative estimate of drug-likeness (QED) is 0.184. The van der Waals surface area contributed by atoms with Crippen LogP contribution in [0.3, 0.4) is 0 Å². The highest BCUT2D eigenvalue weighted by atomic mass is 16.3. The summed E-state index contributed by atoms with van der Waals surface area (Å²) in [5.74, 6) is 0. The zero-order valence-corrected chi connectivity index (χ0v) is 28.0. The molecule has 0 spiro atoms. The van der Waals surface area contributed by atoms with Crippen LogP contribution >= 0.6 is 0 Å². The molecule has 2 nitrogen and oxygen atoms in total. The lowest BCUT2D eigenvalue weighted by atomic mass is 9.92. The number of benzene rings is 10. The van der Waals surface area contributed by atoms with Crippen molar-refractivity contribution in [3.63, 3.8) is 0 Å². The molecule has 0 N–H and O–H groups in total. The van der Waals surface area contributed by atoms with Crippen LogP contribution in [0.2, 0.25) is 0 Å². The third-order valence-electron chi connectivity index (χ3n) is 11.1. The Morgan fingerprint density at radius 3 is 1.08 bits per heavy atom. The summed E-state index contributed by atoms with van der Waals surface area (Å²) in [5, 5.41) is 16.6. The predicted octanol–water partition coefficient (Wildman–Crippen LogP) is 14.6. The van der Waals surface area contributed by atoms with Gasteiger partial charge in [0, 0.05) is 32.7 Å². The molecule has 12 aromatic rings. The monoisotopic (exact) mass is 660 g/mol. The van der Waals surface area contributed by atoms with Crippen LogP contribution in [0.1, 0.15) is 0 Å². The summed E-state index contributed by atoms with van der Waals surface area (Å²) in [6, 6.07) is 61.4. The molecular formula is C50H28O2. The molecule has 0 amide bonds. The summed E-state index contributed by atoms with van der Waals surface area (Å²) in [5.41, 5.74) is 8.16. The Hall–Kier alpha value is -6.90. The normalized spacial score (nSPS) is 12.2. The van der Waals surface area contributed by atoms with E-state index in [0.717, 1.165) is 55.4 Å². The third-order valence-corrected chi connectivity index (χ3v) is 11.1. The maximum atomic E-state index is 6.76. The minimum atomic E-state index is 0.914. The van der Waals surface area contributed by atoms with Gasteiger partial charge in [-0.05, 0) is 114 Å². The highest BCUT2D eigenvalue weighted by Gasteiger charge is 2.19. The molecule has 0 aliphatic rings. The summed E-state index contributed by atoms with van der Waals surface area (Å²) >= 11 is 0. The first-order chi connectivity index (χ1) is 25.7. The van der Waals surface area contributed by atoms with Gasteiger partial charge in [0.1, 0.15) is 22.3 Å². The standard InChI is InChI=1S/C50H28O2/c1-3-11-31-27-45-43(23-29(31)9-1)47-39-15-7-5-13-35(39)25-41(49(47)51-45)37-19-17-34-22-38(20-18-33(34)21-37)42-26-36-14-6-8-16-40(36)48-44-24-30-10-2-4-12-32(30)28-46(44)52-50(42)48/h1-28H. The van der Waals surface area contributed by atoms with E-state index < -0.39 is 0 Å². The van der Waals surface area contributed by atoms with Crippen LogP contribution in [0.5, 0.6) is 0 Å². The van der Waals surface area contributed by atoms with Crippen molar-refractivity contribution in [2.75, 3.05) is 0 Å². The van der Waals surface area contributed by atoms with Crippen molar-refractivity contribution < 1.29 is 8.83 Å². The summed E-state index contributed by atoms with van der Waals surface area (Å²) in [4.78, 5) is 0. The van der Waals surface area contributed by atoms with Gasteiger partial charge in [0.05, 0.1) is 0 Å². The van der Waals surface area contributed by atoms with Crippen LogP contribution in [-0.2, 0) is 0 Å². The maximum absolute atomic E-state index is 6.76. The first kappa shape index (κ1) is 27.9. The zero-order valence-electron chi connectivity index (χ0n) is 28.0. The molecule has 2 heterocycles. The molecule has 0 unspecified atom stereocenters. The van der Waals surface area contributed by atoms with E-state index >= 15 is 0 Å². The third kappa shape index (κ3) is 3.95. The predicted molar refractivity (Wildman–Crippen MR) is 219 cm³/mol. The largest absolute Gasteiger partial charge is 0.455 e. The van der Waals surface area contributed by atoms with Crippen molar-refractivity contribution in [3.05, 3.63) is 170 Å². The molecule has 12 rings (SSSR count). The van der Waals surface area contributed by atoms with E-state index in [1.54, 1.807) is 0 Å². The molecule has 0 bridgehead atoms. The Labute approximate surface area is 297 Å². The molecule has 2 heteroatoms. The second-order valence-corrected chi connectivity index (χ2v) is 14.1. The van der Waals surface area contributed by atoms with Crippen molar-refractivity contribution in [2.24, 2.45) is 0 Å². The Morgan fingerprint density at radius 2 is 0.635 bits per heavy atom. The van der Waals surface area contributed by atoms with Crippen molar-refractivity contribution in [1.29, 1.82) is 0 Å². The molecule has 0 atom stereocenters. The van der Waals surface area contributed by atoms with Gasteiger partial charge in [-0.25, -0.2) is 0 Å². The highest BCUT2D eigenvalue weighted by Crippen LogP contribution is 2.45. The van der Waals surface area contributed by atoms with E-state index in [-0.39, 0.29) is 0 Å². The Morgan fingerprint density at radius 1 is 0.269 bits per heavy atom. The van der Waals surface area contributed by atoms with Gasteiger partial charge in [0.15, 0.2) is 0 Å². The van der Waals surface area contributed by atoms with Crippen LogP contribution in [0.15, 0.2) is 179 Å².